The van der Waals surface area contributed by atoms with E-state index in [1.807, 2.05) is 17.0 Å². The summed E-state index contributed by atoms with van der Waals surface area (Å²) >= 11 is 0. The molecule has 0 amide bonds. The van der Waals surface area contributed by atoms with Crippen LogP contribution in [0.1, 0.15) is 152 Å². The average Bonchev–Trinajstić information content (AvgIpc) is 3.10. The Morgan fingerprint density at radius 1 is 0.531 bits per heavy atom. The SMILES string of the molecule is O=S(=O)([O-])CCCC[n+]1ccc(/C=C/c2ccc(N(CCCCCCCCCCCCO)CCCCCCCCCCCCO)cc2)cc1. The standard InChI is InChI=1S/C41H68N2O5S/c44-36-20-15-11-7-3-1-5-9-13-17-32-43(33-18-14-10-6-2-4-8-12-16-21-37-45)41-27-25-39(26-28-41)23-24-40-29-34-42(35-30-40)31-19-22-38-49(46,47)48/h23-30,34-35,44-45H,1-22,31-33,36-38H2. The Kier molecular flexibility index (Phi) is 24.9. The second kappa shape index (κ2) is 28.4. The Morgan fingerprint density at radius 2 is 0.918 bits per heavy atom. The van der Waals surface area contributed by atoms with E-state index in [1.54, 1.807) is 0 Å². The maximum atomic E-state index is 10.8. The third-order valence-corrected chi connectivity index (χ3v) is 10.2. The lowest BCUT2D eigenvalue weighted by atomic mass is 10.1. The van der Waals surface area contributed by atoms with Gasteiger partial charge in [-0.3, -0.25) is 0 Å². The quantitative estimate of drug-likeness (QED) is 0.0448. The van der Waals surface area contributed by atoms with Gasteiger partial charge in [-0.15, -0.1) is 0 Å². The van der Waals surface area contributed by atoms with Crippen LogP contribution < -0.4 is 9.47 Å². The van der Waals surface area contributed by atoms with Gasteiger partial charge in [0.25, 0.3) is 0 Å². The molecule has 1 aromatic heterocycles. The van der Waals surface area contributed by atoms with Crippen molar-refractivity contribution in [1.82, 2.24) is 0 Å². The van der Waals surface area contributed by atoms with Crippen molar-refractivity contribution in [2.75, 3.05) is 37.0 Å². The molecule has 0 fully saturated rings. The highest BCUT2D eigenvalue weighted by Gasteiger charge is 2.07. The first-order valence-electron chi connectivity index (χ1n) is 19.6. The molecule has 0 aliphatic carbocycles. The summed E-state index contributed by atoms with van der Waals surface area (Å²) < 4.78 is 34.4. The smallest absolute Gasteiger partial charge is 0.169 e. The van der Waals surface area contributed by atoms with Gasteiger partial charge in [-0.25, -0.2) is 13.0 Å². The first-order chi connectivity index (χ1) is 23.9. The Bertz CT molecular complexity index is 1160. The molecule has 49 heavy (non-hydrogen) atoms. The summed E-state index contributed by atoms with van der Waals surface area (Å²) in [6, 6.07) is 13.1. The van der Waals surface area contributed by atoms with Crippen molar-refractivity contribution in [3.8, 4) is 0 Å². The third-order valence-electron chi connectivity index (χ3n) is 9.38. The number of hydrogen-bond acceptors (Lipinski definition) is 6. The van der Waals surface area contributed by atoms with Crippen molar-refractivity contribution in [2.45, 2.75) is 148 Å². The molecule has 1 heterocycles. The fraction of sp³-hybridized carbons (Fsp3) is 0.683. The summed E-state index contributed by atoms with van der Waals surface area (Å²) in [6.45, 7) is 3.57. The summed E-state index contributed by atoms with van der Waals surface area (Å²) in [5.41, 5.74) is 3.59. The molecular formula is C41H68N2O5S. The van der Waals surface area contributed by atoms with Gasteiger partial charge in [-0.05, 0) is 55.4 Å². The summed E-state index contributed by atoms with van der Waals surface area (Å²) in [5.74, 6) is -0.298. The molecule has 0 aliphatic rings. The molecule has 0 saturated heterocycles. The van der Waals surface area contributed by atoms with Crippen molar-refractivity contribution in [3.63, 3.8) is 0 Å². The largest absolute Gasteiger partial charge is 0.748 e. The van der Waals surface area contributed by atoms with Crippen LogP contribution in [0.5, 0.6) is 0 Å². The molecule has 2 N–H and O–H groups in total. The number of pyridine rings is 1. The summed E-state index contributed by atoms with van der Waals surface area (Å²) in [6.07, 6.45) is 34.3. The molecule has 2 rings (SSSR count). The molecule has 0 radical (unpaired) electrons. The predicted octanol–water partition coefficient (Wildman–Crippen LogP) is 9.06. The molecule has 278 valence electrons. The lowest BCUT2D eigenvalue weighted by Gasteiger charge is -2.25. The maximum Gasteiger partial charge on any atom is 0.169 e. The van der Waals surface area contributed by atoms with E-state index in [1.165, 1.54) is 114 Å². The number of unbranched alkanes of at least 4 members (excludes halogenated alkanes) is 19. The summed E-state index contributed by atoms with van der Waals surface area (Å²) in [5, 5.41) is 17.8. The van der Waals surface area contributed by atoms with Gasteiger partial charge in [0.15, 0.2) is 12.4 Å². The van der Waals surface area contributed by atoms with E-state index >= 15 is 0 Å². The van der Waals surface area contributed by atoms with Crippen LogP contribution >= 0.6 is 0 Å². The molecule has 0 bridgehead atoms. The Hall–Kier alpha value is -2.26. The molecule has 7 nitrogen and oxygen atoms in total. The van der Waals surface area contributed by atoms with Crippen molar-refractivity contribution in [1.29, 1.82) is 0 Å². The Balaban J connectivity index is 1.79. The van der Waals surface area contributed by atoms with E-state index in [4.69, 9.17) is 10.2 Å². The number of aliphatic hydroxyl groups excluding tert-OH is 2. The zero-order valence-corrected chi connectivity index (χ0v) is 31.3. The number of aryl methyl sites for hydroxylation is 1. The second-order valence-electron chi connectivity index (χ2n) is 13.8. The number of rotatable bonds is 32. The summed E-state index contributed by atoms with van der Waals surface area (Å²) in [4.78, 5) is 2.60. The van der Waals surface area contributed by atoms with E-state index in [9.17, 15) is 13.0 Å². The highest BCUT2D eigenvalue weighted by atomic mass is 32.2. The average molecular weight is 701 g/mol. The van der Waals surface area contributed by atoms with Crippen LogP contribution in [0.15, 0.2) is 48.8 Å². The van der Waals surface area contributed by atoms with Gasteiger partial charge in [0.1, 0.15) is 6.54 Å². The zero-order chi connectivity index (χ0) is 35.3. The van der Waals surface area contributed by atoms with Gasteiger partial charge in [-0.1, -0.05) is 127 Å². The van der Waals surface area contributed by atoms with E-state index in [-0.39, 0.29) is 5.75 Å². The molecule has 2 aromatic rings. The second-order valence-corrected chi connectivity index (χ2v) is 15.3. The van der Waals surface area contributed by atoms with E-state index < -0.39 is 10.1 Å². The Labute approximate surface area is 299 Å². The van der Waals surface area contributed by atoms with Gasteiger partial charge in [0.05, 0.1) is 10.1 Å². The number of aliphatic hydroxyl groups is 2. The van der Waals surface area contributed by atoms with Crippen molar-refractivity contribution >= 4 is 28.0 Å². The van der Waals surface area contributed by atoms with Gasteiger partial charge in [0, 0.05) is 56.3 Å². The van der Waals surface area contributed by atoms with Crippen molar-refractivity contribution in [2.24, 2.45) is 0 Å². The number of hydrogen-bond donors (Lipinski definition) is 2. The fourth-order valence-electron chi connectivity index (χ4n) is 6.32. The van der Waals surface area contributed by atoms with Crippen molar-refractivity contribution < 1.29 is 27.8 Å². The number of nitrogens with zero attached hydrogens (tertiary/aromatic N) is 2. The van der Waals surface area contributed by atoms with E-state index in [0.29, 0.717) is 32.6 Å². The molecule has 0 spiro atoms. The highest BCUT2D eigenvalue weighted by molar-refractivity contribution is 7.85. The monoisotopic (exact) mass is 700 g/mol. The molecule has 0 unspecified atom stereocenters. The molecule has 0 atom stereocenters. The Morgan fingerprint density at radius 3 is 1.33 bits per heavy atom. The fourth-order valence-corrected chi connectivity index (χ4v) is 6.88. The lowest BCUT2D eigenvalue weighted by Crippen LogP contribution is -2.32. The highest BCUT2D eigenvalue weighted by Crippen LogP contribution is 2.20. The van der Waals surface area contributed by atoms with Crippen LogP contribution in [0, 0.1) is 0 Å². The molecule has 0 saturated carbocycles. The van der Waals surface area contributed by atoms with E-state index in [2.05, 4.69) is 53.5 Å². The van der Waals surface area contributed by atoms with Crippen molar-refractivity contribution in [3.05, 3.63) is 59.9 Å². The topological polar surface area (TPSA) is 105 Å². The lowest BCUT2D eigenvalue weighted by molar-refractivity contribution is -0.697. The minimum Gasteiger partial charge on any atom is -0.748 e. The molecular weight excluding hydrogens is 633 g/mol. The minimum absolute atomic E-state index is 0.298. The van der Waals surface area contributed by atoms with Gasteiger partial charge < -0.3 is 19.7 Å². The summed E-state index contributed by atoms with van der Waals surface area (Å²) in [7, 11) is -4.13. The van der Waals surface area contributed by atoms with Crippen LogP contribution in [-0.2, 0) is 16.7 Å². The third kappa shape index (κ3) is 23.7. The van der Waals surface area contributed by atoms with Gasteiger partial charge >= 0.3 is 0 Å². The van der Waals surface area contributed by atoms with Crippen LogP contribution in [0.3, 0.4) is 0 Å². The number of benzene rings is 1. The first-order valence-corrected chi connectivity index (χ1v) is 21.2. The van der Waals surface area contributed by atoms with Crippen LogP contribution in [0.2, 0.25) is 0 Å². The number of anilines is 1. The number of aromatic nitrogens is 1. The predicted molar refractivity (Wildman–Crippen MR) is 205 cm³/mol. The van der Waals surface area contributed by atoms with Crippen LogP contribution in [-0.4, -0.2) is 55.2 Å². The van der Waals surface area contributed by atoms with Crippen LogP contribution in [0.4, 0.5) is 5.69 Å². The molecule has 1 aromatic carbocycles. The van der Waals surface area contributed by atoms with E-state index in [0.717, 1.165) is 44.3 Å². The molecule has 8 heteroatoms. The maximum absolute atomic E-state index is 10.8. The minimum atomic E-state index is -4.13. The first kappa shape index (κ1) is 42.9. The zero-order valence-electron chi connectivity index (χ0n) is 30.5. The van der Waals surface area contributed by atoms with Gasteiger partial charge in [-0.2, -0.15) is 0 Å². The normalized spacial score (nSPS) is 11.9. The van der Waals surface area contributed by atoms with Gasteiger partial charge in [0.2, 0.25) is 0 Å². The van der Waals surface area contributed by atoms with Crippen LogP contribution in [0.25, 0.3) is 12.2 Å². The molecule has 0 aliphatic heterocycles.